The molecule has 1 unspecified atom stereocenters. The molecule has 6 heterocycles. The van der Waals surface area contributed by atoms with Gasteiger partial charge in [0.1, 0.15) is 41.3 Å². The number of fused-ring (bicyclic) bond motifs is 4. The average Bonchev–Trinajstić information content (AvgIpc) is 3.58. The third kappa shape index (κ3) is 5.61. The van der Waals surface area contributed by atoms with Gasteiger partial charge in [0.15, 0.2) is 5.82 Å². The number of halogens is 9. The van der Waals surface area contributed by atoms with Crippen molar-refractivity contribution in [2.45, 2.75) is 61.6 Å². The Morgan fingerprint density at radius 2 is 1.94 bits per heavy atom. The fourth-order valence-corrected chi connectivity index (χ4v) is 8.04. The summed E-state index contributed by atoms with van der Waals surface area (Å²) in [6.45, 7) is 1.09. The van der Waals surface area contributed by atoms with Crippen molar-refractivity contribution >= 4 is 34.1 Å². The van der Waals surface area contributed by atoms with E-state index in [1.165, 1.54) is 0 Å². The standard InChI is InChI=1S/C30H28ClF8N7O/c31-17-6-16-24(23(36)21(17)25-22(30(37,38)39)18(33)7-20(40)41-25)42-27(47-13-29-3-1-5-46(29)10-14(32)8-29)43-26(16)45-11-15-2-4-28(12-45,44-15)9-19(34)35/h6-7,9,14-15,44H,1-5,8,10-13H2,(H2,40,41)/t14-,15+,28+,29?/m1/s1. The number of ether oxygens (including phenoxy) is 1. The maximum absolute atomic E-state index is 16.6. The second-order valence-electron chi connectivity index (χ2n) is 12.7. The lowest BCUT2D eigenvalue weighted by molar-refractivity contribution is -0.139. The van der Waals surface area contributed by atoms with Gasteiger partial charge in [-0.15, -0.1) is 0 Å². The Morgan fingerprint density at radius 1 is 1.15 bits per heavy atom. The Kier molecular flexibility index (Phi) is 7.71. The van der Waals surface area contributed by atoms with Crippen LogP contribution in [-0.4, -0.2) is 75.9 Å². The lowest BCUT2D eigenvalue weighted by atomic mass is 9.95. The van der Waals surface area contributed by atoms with E-state index in [1.54, 1.807) is 4.90 Å². The molecule has 1 aromatic carbocycles. The highest BCUT2D eigenvalue weighted by Gasteiger charge is 2.50. The van der Waals surface area contributed by atoms with Crippen molar-refractivity contribution in [2.75, 3.05) is 43.4 Å². The smallest absolute Gasteiger partial charge is 0.421 e. The van der Waals surface area contributed by atoms with Gasteiger partial charge in [-0.05, 0) is 38.3 Å². The molecule has 8 nitrogen and oxygen atoms in total. The van der Waals surface area contributed by atoms with Crippen molar-refractivity contribution in [3.63, 3.8) is 0 Å². The molecule has 4 aliphatic heterocycles. The summed E-state index contributed by atoms with van der Waals surface area (Å²) in [5, 5.41) is 2.58. The number of benzene rings is 1. The first-order chi connectivity index (χ1) is 22.2. The molecule has 4 atom stereocenters. The van der Waals surface area contributed by atoms with E-state index < -0.39 is 74.3 Å². The number of nitrogens with two attached hydrogens (primary N) is 1. The fraction of sp³-hybridized carbons (Fsp3) is 0.500. The molecule has 0 spiro atoms. The van der Waals surface area contributed by atoms with E-state index >= 15 is 4.39 Å². The van der Waals surface area contributed by atoms with E-state index in [2.05, 4.69) is 20.3 Å². The SMILES string of the molecule is Nc1cc(F)c(C(F)(F)F)c(-c2c(Cl)cc3c(N4C[C@@H]5CC[C@](C=C(F)F)(C4)N5)nc(OCC45CCCN4C[C@H](F)C5)nc3c2F)n1. The molecule has 17 heteroatoms. The van der Waals surface area contributed by atoms with E-state index in [4.69, 9.17) is 22.1 Å². The van der Waals surface area contributed by atoms with E-state index in [0.717, 1.165) is 18.6 Å². The van der Waals surface area contributed by atoms with Gasteiger partial charge in [-0.3, -0.25) is 4.90 Å². The first kappa shape index (κ1) is 32.1. The van der Waals surface area contributed by atoms with Crippen molar-refractivity contribution in [2.24, 2.45) is 0 Å². The summed E-state index contributed by atoms with van der Waals surface area (Å²) < 4.78 is 121. The molecule has 4 saturated heterocycles. The minimum Gasteiger partial charge on any atom is -0.461 e. The van der Waals surface area contributed by atoms with Crippen LogP contribution in [0, 0.1) is 11.6 Å². The first-order valence-corrected chi connectivity index (χ1v) is 15.4. The summed E-state index contributed by atoms with van der Waals surface area (Å²) in [4.78, 5) is 16.0. The Hall–Kier alpha value is -3.50. The second kappa shape index (κ2) is 11.3. The number of anilines is 2. The van der Waals surface area contributed by atoms with E-state index in [0.29, 0.717) is 31.9 Å². The number of aromatic nitrogens is 3. The molecule has 4 fully saturated rings. The van der Waals surface area contributed by atoms with Crippen molar-refractivity contribution in [3.8, 4) is 17.3 Å². The van der Waals surface area contributed by atoms with E-state index in [9.17, 15) is 30.7 Å². The molecule has 252 valence electrons. The van der Waals surface area contributed by atoms with Crippen LogP contribution < -0.4 is 20.7 Å². The molecule has 3 N–H and O–H groups in total. The van der Waals surface area contributed by atoms with Crippen LogP contribution in [0.4, 0.5) is 46.8 Å². The minimum absolute atomic E-state index is 0.0190. The number of hydrogen-bond acceptors (Lipinski definition) is 8. The maximum Gasteiger partial charge on any atom is 0.421 e. The van der Waals surface area contributed by atoms with Crippen molar-refractivity contribution in [1.29, 1.82) is 0 Å². The Labute approximate surface area is 267 Å². The van der Waals surface area contributed by atoms with Gasteiger partial charge in [0.25, 0.3) is 6.08 Å². The number of nitrogens with one attached hydrogen (secondary N) is 1. The van der Waals surface area contributed by atoms with Gasteiger partial charge in [-0.2, -0.15) is 31.9 Å². The number of nitrogens with zero attached hydrogens (tertiary/aromatic N) is 5. The molecular weight excluding hydrogens is 662 g/mol. The van der Waals surface area contributed by atoms with Gasteiger partial charge < -0.3 is 20.7 Å². The average molecular weight is 690 g/mol. The van der Waals surface area contributed by atoms with Crippen LogP contribution in [0.1, 0.15) is 37.7 Å². The summed E-state index contributed by atoms with van der Waals surface area (Å²) in [6.07, 6.45) is -4.84. The summed E-state index contributed by atoms with van der Waals surface area (Å²) in [5.74, 6) is -3.76. The number of pyridine rings is 1. The zero-order valence-electron chi connectivity index (χ0n) is 24.6. The Balaban J connectivity index is 1.39. The van der Waals surface area contributed by atoms with Gasteiger partial charge in [0, 0.05) is 49.6 Å². The van der Waals surface area contributed by atoms with Gasteiger partial charge in [-0.25, -0.2) is 18.2 Å². The molecule has 4 aliphatic rings. The van der Waals surface area contributed by atoms with Crippen LogP contribution in [0.15, 0.2) is 24.3 Å². The monoisotopic (exact) mass is 689 g/mol. The lowest BCUT2D eigenvalue weighted by Gasteiger charge is -2.40. The molecule has 2 bridgehead atoms. The molecule has 3 aromatic rings. The summed E-state index contributed by atoms with van der Waals surface area (Å²) >= 11 is 6.43. The predicted octanol–water partition coefficient (Wildman–Crippen LogP) is 6.27. The molecule has 2 aromatic heterocycles. The summed E-state index contributed by atoms with van der Waals surface area (Å²) in [6, 6.07) is 0.888. The molecular formula is C30H28ClF8N7O. The van der Waals surface area contributed by atoms with Crippen LogP contribution in [0.3, 0.4) is 0 Å². The number of piperazine rings is 1. The van der Waals surface area contributed by atoms with Crippen LogP contribution in [0.5, 0.6) is 6.01 Å². The molecule has 0 radical (unpaired) electrons. The molecule has 0 aliphatic carbocycles. The van der Waals surface area contributed by atoms with Gasteiger partial charge in [0.05, 0.1) is 27.4 Å². The van der Waals surface area contributed by atoms with Crippen molar-refractivity contribution in [1.82, 2.24) is 25.2 Å². The zero-order valence-corrected chi connectivity index (χ0v) is 25.3. The third-order valence-electron chi connectivity index (χ3n) is 9.61. The lowest BCUT2D eigenvalue weighted by Crippen LogP contribution is -2.59. The van der Waals surface area contributed by atoms with Gasteiger partial charge in [0.2, 0.25) is 0 Å². The number of nitrogen functional groups attached to an aromatic ring is 1. The zero-order chi connectivity index (χ0) is 33.5. The highest BCUT2D eigenvalue weighted by Crippen LogP contribution is 2.46. The normalized spacial score (nSPS) is 27.5. The molecule has 47 heavy (non-hydrogen) atoms. The molecule has 7 rings (SSSR count). The van der Waals surface area contributed by atoms with Crippen molar-refractivity contribution in [3.05, 3.63) is 46.5 Å². The van der Waals surface area contributed by atoms with Crippen LogP contribution >= 0.6 is 11.6 Å². The number of hydrogen-bond donors (Lipinski definition) is 2. The Morgan fingerprint density at radius 3 is 2.68 bits per heavy atom. The van der Waals surface area contributed by atoms with Crippen molar-refractivity contribution < 1.29 is 39.9 Å². The maximum atomic E-state index is 16.6. The topological polar surface area (TPSA) is 92.4 Å². The first-order valence-electron chi connectivity index (χ1n) is 15.0. The summed E-state index contributed by atoms with van der Waals surface area (Å²) in [7, 11) is 0. The third-order valence-corrected chi connectivity index (χ3v) is 9.91. The van der Waals surface area contributed by atoms with Gasteiger partial charge in [-0.1, -0.05) is 11.6 Å². The fourth-order valence-electron chi connectivity index (χ4n) is 7.76. The number of alkyl halides is 4. The van der Waals surface area contributed by atoms with E-state index in [1.807, 2.05) is 4.90 Å². The van der Waals surface area contributed by atoms with Gasteiger partial charge >= 0.3 is 12.2 Å². The Bertz CT molecular complexity index is 1790. The number of rotatable bonds is 6. The highest BCUT2D eigenvalue weighted by atomic mass is 35.5. The minimum atomic E-state index is -5.30. The summed E-state index contributed by atoms with van der Waals surface area (Å²) in [5.41, 5.74) is -0.680. The van der Waals surface area contributed by atoms with Crippen LogP contribution in [0.25, 0.3) is 22.2 Å². The van der Waals surface area contributed by atoms with Crippen LogP contribution in [-0.2, 0) is 6.18 Å². The predicted molar refractivity (Wildman–Crippen MR) is 157 cm³/mol. The van der Waals surface area contributed by atoms with Crippen LogP contribution in [0.2, 0.25) is 5.02 Å². The second-order valence-corrected chi connectivity index (χ2v) is 13.1. The largest absolute Gasteiger partial charge is 0.461 e. The van der Waals surface area contributed by atoms with E-state index in [-0.39, 0.29) is 55.9 Å². The quantitative estimate of drug-likeness (QED) is 0.293. The molecule has 0 amide bonds. The highest BCUT2D eigenvalue weighted by molar-refractivity contribution is 6.34. The molecule has 0 saturated carbocycles.